The van der Waals surface area contributed by atoms with Gasteiger partial charge >= 0.3 is 0 Å². The number of carbonyl (C=O) groups is 1. The smallest absolute Gasteiger partial charge is 0.258 e. The molecule has 0 bridgehead atoms. The Morgan fingerprint density at radius 3 is 2.34 bits per heavy atom. The van der Waals surface area contributed by atoms with Crippen molar-refractivity contribution in [2.75, 3.05) is 15.5 Å². The molecule has 2 heterocycles. The van der Waals surface area contributed by atoms with E-state index < -0.39 is 0 Å². The van der Waals surface area contributed by atoms with Gasteiger partial charge < -0.3 is 15.5 Å². The van der Waals surface area contributed by atoms with E-state index >= 15 is 0 Å². The Bertz CT molecular complexity index is 1320. The fourth-order valence-electron chi connectivity index (χ4n) is 3.88. The second-order valence-corrected chi connectivity index (χ2v) is 7.76. The van der Waals surface area contributed by atoms with Gasteiger partial charge in [-0.25, -0.2) is 4.39 Å². The highest BCUT2D eigenvalue weighted by Crippen LogP contribution is 2.32. The van der Waals surface area contributed by atoms with Crippen LogP contribution in [0.2, 0.25) is 0 Å². The summed E-state index contributed by atoms with van der Waals surface area (Å²) in [6.45, 7) is 2.43. The molecule has 0 spiro atoms. The van der Waals surface area contributed by atoms with Gasteiger partial charge in [0, 0.05) is 45.9 Å². The van der Waals surface area contributed by atoms with Crippen LogP contribution in [0, 0.1) is 12.7 Å². The summed E-state index contributed by atoms with van der Waals surface area (Å²) in [7, 11) is 0. The summed E-state index contributed by atoms with van der Waals surface area (Å²) in [5.74, 6) is -0.336. The van der Waals surface area contributed by atoms with Crippen LogP contribution in [0.3, 0.4) is 0 Å². The number of benzene rings is 3. The normalized spacial score (nSPS) is 12.6. The highest BCUT2D eigenvalue weighted by atomic mass is 19.1. The first kappa shape index (κ1) is 19.8. The summed E-state index contributed by atoms with van der Waals surface area (Å²) in [4.78, 5) is 19.0. The van der Waals surface area contributed by atoms with Crippen molar-refractivity contribution >= 4 is 34.3 Å². The van der Waals surface area contributed by atoms with Crippen LogP contribution in [0.4, 0.5) is 32.8 Å². The molecule has 5 rings (SSSR count). The number of aromatic nitrogens is 1. The first-order valence-corrected chi connectivity index (χ1v) is 10.3. The van der Waals surface area contributed by atoms with Crippen LogP contribution in [-0.2, 0) is 6.54 Å². The maximum Gasteiger partial charge on any atom is 0.258 e. The molecule has 2 N–H and O–H groups in total. The molecule has 0 unspecified atom stereocenters. The van der Waals surface area contributed by atoms with E-state index in [1.165, 1.54) is 12.1 Å². The van der Waals surface area contributed by atoms with Crippen LogP contribution < -0.4 is 15.5 Å². The largest absolute Gasteiger partial charge is 0.355 e. The van der Waals surface area contributed by atoms with E-state index in [4.69, 9.17) is 0 Å². The fourth-order valence-corrected chi connectivity index (χ4v) is 3.88. The van der Waals surface area contributed by atoms with E-state index in [1.54, 1.807) is 23.2 Å². The lowest BCUT2D eigenvalue weighted by Gasteiger charge is -2.17. The Hall–Kier alpha value is -4.19. The van der Waals surface area contributed by atoms with Crippen molar-refractivity contribution in [1.82, 2.24) is 4.98 Å². The van der Waals surface area contributed by atoms with Crippen molar-refractivity contribution in [2.45, 2.75) is 13.5 Å². The summed E-state index contributed by atoms with van der Waals surface area (Å²) in [5.41, 5.74) is 6.70. The van der Waals surface area contributed by atoms with Crippen LogP contribution in [0.1, 0.15) is 21.6 Å². The number of fused-ring (bicyclic) bond motifs is 1. The Balaban J connectivity index is 1.36. The fraction of sp³-hybridized carbons (Fsp3) is 0.0769. The molecule has 0 radical (unpaired) electrons. The number of halogens is 1. The number of anilines is 5. The summed E-state index contributed by atoms with van der Waals surface area (Å²) < 4.78 is 13.5. The zero-order chi connectivity index (χ0) is 22.1. The molecule has 32 heavy (non-hydrogen) atoms. The number of rotatable bonds is 5. The Morgan fingerprint density at radius 2 is 1.56 bits per heavy atom. The maximum absolute atomic E-state index is 13.5. The number of aryl methyl sites for hydroxylation is 1. The quantitative estimate of drug-likeness (QED) is 0.402. The molecule has 0 aliphatic carbocycles. The standard InChI is InChI=1S/C26H21FN4O/c1-17-12-23(10-11-28-17)30-22-8-9-25-18(13-22)16-31(26(25)32)24-7-3-6-21(15-24)29-20-5-2-4-19(27)14-20/h2-15,29H,16H2,1H3,(H,28,30). The van der Waals surface area contributed by atoms with E-state index in [1.807, 2.05) is 61.5 Å². The Labute approximate surface area is 185 Å². The molecule has 1 aromatic heterocycles. The van der Waals surface area contributed by atoms with Gasteiger partial charge in [0.15, 0.2) is 0 Å². The monoisotopic (exact) mass is 424 g/mol. The molecule has 0 atom stereocenters. The minimum absolute atomic E-state index is 0.0331. The SMILES string of the molecule is Cc1cc(Nc2ccc3c(c2)CN(c2cccc(Nc4cccc(F)c4)c2)C3=O)ccn1. The predicted octanol–water partition coefficient (Wildman–Crippen LogP) is 6.18. The first-order chi connectivity index (χ1) is 15.5. The third-order valence-corrected chi connectivity index (χ3v) is 5.37. The molecule has 0 fully saturated rings. The van der Waals surface area contributed by atoms with E-state index in [0.717, 1.165) is 34.0 Å². The molecular weight excluding hydrogens is 403 g/mol. The number of hydrogen-bond donors (Lipinski definition) is 2. The second-order valence-electron chi connectivity index (χ2n) is 7.76. The van der Waals surface area contributed by atoms with Crippen molar-refractivity contribution < 1.29 is 9.18 Å². The van der Waals surface area contributed by atoms with Crippen LogP contribution in [0.15, 0.2) is 85.1 Å². The lowest BCUT2D eigenvalue weighted by Crippen LogP contribution is -2.22. The van der Waals surface area contributed by atoms with Gasteiger partial charge in [-0.1, -0.05) is 12.1 Å². The molecule has 5 nitrogen and oxygen atoms in total. The molecule has 1 amide bonds. The molecule has 0 saturated heterocycles. The lowest BCUT2D eigenvalue weighted by molar-refractivity contribution is 0.0996. The predicted molar refractivity (Wildman–Crippen MR) is 125 cm³/mol. The molecular formula is C26H21FN4O. The van der Waals surface area contributed by atoms with E-state index in [9.17, 15) is 9.18 Å². The third-order valence-electron chi connectivity index (χ3n) is 5.37. The highest BCUT2D eigenvalue weighted by Gasteiger charge is 2.28. The number of carbonyl (C=O) groups excluding carboxylic acids is 1. The van der Waals surface area contributed by atoms with Gasteiger partial charge in [-0.05, 0) is 79.2 Å². The van der Waals surface area contributed by atoms with E-state index in [0.29, 0.717) is 17.8 Å². The number of amides is 1. The third kappa shape index (κ3) is 4.03. The average molecular weight is 424 g/mol. The Kier molecular flexibility index (Phi) is 5.03. The minimum atomic E-state index is -0.303. The van der Waals surface area contributed by atoms with Crippen LogP contribution in [0.5, 0.6) is 0 Å². The number of pyridine rings is 1. The summed E-state index contributed by atoms with van der Waals surface area (Å²) in [5, 5.41) is 6.57. The van der Waals surface area contributed by atoms with Crippen molar-refractivity contribution in [3.8, 4) is 0 Å². The van der Waals surface area contributed by atoms with E-state index in [-0.39, 0.29) is 11.7 Å². The van der Waals surface area contributed by atoms with Gasteiger partial charge in [-0.3, -0.25) is 9.78 Å². The molecule has 3 aromatic carbocycles. The summed E-state index contributed by atoms with van der Waals surface area (Å²) in [6.07, 6.45) is 1.77. The molecule has 0 saturated carbocycles. The number of nitrogens with one attached hydrogen (secondary N) is 2. The number of nitrogens with zero attached hydrogens (tertiary/aromatic N) is 2. The summed E-state index contributed by atoms with van der Waals surface area (Å²) >= 11 is 0. The molecule has 1 aliphatic heterocycles. The zero-order valence-corrected chi connectivity index (χ0v) is 17.5. The van der Waals surface area contributed by atoms with Crippen molar-refractivity contribution in [2.24, 2.45) is 0 Å². The zero-order valence-electron chi connectivity index (χ0n) is 17.5. The highest BCUT2D eigenvalue weighted by molar-refractivity contribution is 6.10. The van der Waals surface area contributed by atoms with E-state index in [2.05, 4.69) is 15.6 Å². The van der Waals surface area contributed by atoms with Crippen LogP contribution in [-0.4, -0.2) is 10.9 Å². The van der Waals surface area contributed by atoms with Crippen molar-refractivity contribution in [1.29, 1.82) is 0 Å². The van der Waals surface area contributed by atoms with Crippen molar-refractivity contribution in [3.63, 3.8) is 0 Å². The maximum atomic E-state index is 13.5. The molecule has 6 heteroatoms. The van der Waals surface area contributed by atoms with Gasteiger partial charge in [-0.15, -0.1) is 0 Å². The molecule has 158 valence electrons. The van der Waals surface area contributed by atoms with Crippen LogP contribution >= 0.6 is 0 Å². The molecule has 4 aromatic rings. The number of hydrogen-bond acceptors (Lipinski definition) is 4. The summed E-state index contributed by atoms with van der Waals surface area (Å²) in [6, 6.07) is 23.5. The van der Waals surface area contributed by atoms with Gasteiger partial charge in [0.2, 0.25) is 0 Å². The average Bonchev–Trinajstić information content (AvgIpc) is 3.10. The van der Waals surface area contributed by atoms with Gasteiger partial charge in [0.25, 0.3) is 5.91 Å². The van der Waals surface area contributed by atoms with Gasteiger partial charge in [0.05, 0.1) is 6.54 Å². The lowest BCUT2D eigenvalue weighted by atomic mass is 10.1. The van der Waals surface area contributed by atoms with Crippen LogP contribution in [0.25, 0.3) is 0 Å². The minimum Gasteiger partial charge on any atom is -0.355 e. The Morgan fingerprint density at radius 1 is 0.844 bits per heavy atom. The second kappa shape index (κ2) is 8.15. The van der Waals surface area contributed by atoms with Gasteiger partial charge in [0.1, 0.15) is 5.82 Å². The topological polar surface area (TPSA) is 57.3 Å². The molecule has 1 aliphatic rings. The van der Waals surface area contributed by atoms with Crippen molar-refractivity contribution in [3.05, 3.63) is 108 Å². The first-order valence-electron chi connectivity index (χ1n) is 10.3. The van der Waals surface area contributed by atoms with Gasteiger partial charge in [-0.2, -0.15) is 0 Å².